The lowest BCUT2D eigenvalue weighted by Crippen LogP contribution is -2.34. The van der Waals surface area contributed by atoms with E-state index >= 15 is 0 Å². The summed E-state index contributed by atoms with van der Waals surface area (Å²) in [4.78, 5) is 36.2. The van der Waals surface area contributed by atoms with Gasteiger partial charge in [0.05, 0.1) is 12.2 Å². The maximum absolute atomic E-state index is 12.4. The van der Waals surface area contributed by atoms with E-state index in [0.717, 1.165) is 28.6 Å². The van der Waals surface area contributed by atoms with Gasteiger partial charge in [-0.05, 0) is 44.6 Å². The fraction of sp³-hybridized carbons (Fsp3) is 0.238. The maximum atomic E-state index is 12.4. The quantitative estimate of drug-likeness (QED) is 0.438. The van der Waals surface area contributed by atoms with E-state index in [2.05, 4.69) is 5.10 Å². The number of allylic oxidation sites excluding steroid dienone is 3. The summed E-state index contributed by atoms with van der Waals surface area (Å²) in [6, 6.07) is 7.51. The van der Waals surface area contributed by atoms with Gasteiger partial charge in [-0.25, -0.2) is 0 Å². The molecule has 0 spiro atoms. The average Bonchev–Trinajstić information content (AvgIpc) is 2.87. The van der Waals surface area contributed by atoms with Gasteiger partial charge < -0.3 is 4.74 Å². The maximum Gasteiger partial charge on any atom is 0.329 e. The van der Waals surface area contributed by atoms with Crippen molar-refractivity contribution in [3.63, 3.8) is 0 Å². The highest BCUT2D eigenvalue weighted by Crippen LogP contribution is 2.21. The van der Waals surface area contributed by atoms with Crippen molar-refractivity contribution in [3.05, 3.63) is 69.7 Å². The standard InChI is InChI=1S/C21H19ClN2O4/c1-12-10-19(26)20(21(27)28-12)18(25)9-8-16-13(2)23-24(14(16)3)11-15-6-4-5-7-17(15)22/h4-10,20H,11H2,1-3H3. The normalized spacial score (nSPS) is 17.0. The number of esters is 1. The number of rotatable bonds is 5. The van der Waals surface area contributed by atoms with Crippen molar-refractivity contribution in [3.8, 4) is 0 Å². The van der Waals surface area contributed by atoms with Gasteiger partial charge in [-0.3, -0.25) is 19.1 Å². The summed E-state index contributed by atoms with van der Waals surface area (Å²) in [7, 11) is 0. The number of ketones is 2. The van der Waals surface area contributed by atoms with Crippen LogP contribution in [0.25, 0.3) is 6.08 Å². The highest BCUT2D eigenvalue weighted by molar-refractivity contribution is 6.31. The third-order valence-corrected chi connectivity index (χ3v) is 4.91. The van der Waals surface area contributed by atoms with Gasteiger partial charge in [-0.2, -0.15) is 5.10 Å². The van der Waals surface area contributed by atoms with Crippen LogP contribution in [0.2, 0.25) is 5.02 Å². The zero-order valence-electron chi connectivity index (χ0n) is 15.7. The van der Waals surface area contributed by atoms with Crippen molar-refractivity contribution in [2.24, 2.45) is 5.92 Å². The molecule has 28 heavy (non-hydrogen) atoms. The molecule has 0 bridgehead atoms. The Balaban J connectivity index is 1.82. The van der Waals surface area contributed by atoms with Crippen LogP contribution in [0.5, 0.6) is 0 Å². The molecule has 1 atom stereocenters. The van der Waals surface area contributed by atoms with Crippen LogP contribution >= 0.6 is 11.6 Å². The van der Waals surface area contributed by atoms with E-state index in [9.17, 15) is 14.4 Å². The van der Waals surface area contributed by atoms with E-state index in [0.29, 0.717) is 11.6 Å². The van der Waals surface area contributed by atoms with Crippen molar-refractivity contribution >= 4 is 35.2 Å². The van der Waals surface area contributed by atoms with Gasteiger partial charge in [0.2, 0.25) is 0 Å². The van der Waals surface area contributed by atoms with Crippen molar-refractivity contribution in [1.82, 2.24) is 9.78 Å². The van der Waals surface area contributed by atoms with Crippen LogP contribution in [-0.2, 0) is 25.7 Å². The molecule has 0 saturated carbocycles. The molecule has 0 radical (unpaired) electrons. The largest absolute Gasteiger partial charge is 0.430 e. The Bertz CT molecular complexity index is 1030. The van der Waals surface area contributed by atoms with E-state index < -0.39 is 23.5 Å². The van der Waals surface area contributed by atoms with Gasteiger partial charge in [0.15, 0.2) is 17.5 Å². The van der Waals surface area contributed by atoms with Gasteiger partial charge in [0.25, 0.3) is 0 Å². The van der Waals surface area contributed by atoms with Crippen LogP contribution in [0.4, 0.5) is 0 Å². The van der Waals surface area contributed by atoms with Gasteiger partial charge >= 0.3 is 5.97 Å². The fourth-order valence-corrected chi connectivity index (χ4v) is 3.25. The number of aryl methyl sites for hydroxylation is 1. The molecule has 1 unspecified atom stereocenters. The van der Waals surface area contributed by atoms with Crippen LogP contribution in [0, 0.1) is 19.8 Å². The highest BCUT2D eigenvalue weighted by Gasteiger charge is 2.36. The van der Waals surface area contributed by atoms with Crippen LogP contribution in [-0.4, -0.2) is 27.3 Å². The second-order valence-electron chi connectivity index (χ2n) is 6.58. The number of benzene rings is 1. The molecular formula is C21H19ClN2O4. The summed E-state index contributed by atoms with van der Waals surface area (Å²) in [5.74, 6) is -3.28. The lowest BCUT2D eigenvalue weighted by molar-refractivity contribution is -0.151. The van der Waals surface area contributed by atoms with Gasteiger partial charge in [0.1, 0.15) is 5.76 Å². The number of halogens is 1. The summed E-state index contributed by atoms with van der Waals surface area (Å²) in [6.07, 6.45) is 3.97. The first-order valence-corrected chi connectivity index (χ1v) is 9.09. The smallest absolute Gasteiger partial charge is 0.329 e. The summed E-state index contributed by atoms with van der Waals surface area (Å²) in [5, 5.41) is 5.16. The molecule has 3 rings (SSSR count). The molecule has 2 aromatic rings. The first kappa shape index (κ1) is 19.8. The van der Waals surface area contributed by atoms with Crippen LogP contribution in [0.3, 0.4) is 0 Å². The number of hydrogen-bond donors (Lipinski definition) is 0. The SMILES string of the molecule is CC1=CC(=O)C(C(=O)C=Cc2c(C)nn(Cc3ccccc3Cl)c2C)C(=O)O1. The van der Waals surface area contributed by atoms with Crippen molar-refractivity contribution in [2.75, 3.05) is 0 Å². The molecule has 0 saturated heterocycles. The van der Waals surface area contributed by atoms with E-state index in [-0.39, 0.29) is 5.76 Å². The molecule has 0 fully saturated rings. The Hall–Kier alpha value is -2.99. The Morgan fingerprint density at radius 3 is 2.64 bits per heavy atom. The van der Waals surface area contributed by atoms with E-state index in [1.165, 1.54) is 13.0 Å². The lowest BCUT2D eigenvalue weighted by Gasteiger charge is -2.15. The van der Waals surface area contributed by atoms with Gasteiger partial charge in [-0.1, -0.05) is 29.8 Å². The molecule has 1 aliphatic rings. The third kappa shape index (κ3) is 3.97. The summed E-state index contributed by atoms with van der Waals surface area (Å²) in [5.41, 5.74) is 3.25. The fourth-order valence-electron chi connectivity index (χ4n) is 3.06. The summed E-state index contributed by atoms with van der Waals surface area (Å²) < 4.78 is 6.69. The zero-order chi connectivity index (χ0) is 20.4. The highest BCUT2D eigenvalue weighted by atomic mass is 35.5. The Kier molecular flexibility index (Phi) is 5.61. The Morgan fingerprint density at radius 2 is 1.96 bits per heavy atom. The second kappa shape index (κ2) is 7.94. The molecule has 1 aromatic heterocycles. The molecule has 0 aliphatic carbocycles. The topological polar surface area (TPSA) is 78.3 Å². The number of aromatic nitrogens is 2. The van der Waals surface area contributed by atoms with Crippen LogP contribution < -0.4 is 0 Å². The number of nitrogens with zero attached hydrogens (tertiary/aromatic N) is 2. The average molecular weight is 399 g/mol. The van der Waals surface area contributed by atoms with E-state index in [1.807, 2.05) is 38.1 Å². The molecule has 1 aliphatic heterocycles. The lowest BCUT2D eigenvalue weighted by atomic mass is 9.95. The van der Waals surface area contributed by atoms with Gasteiger partial charge in [-0.15, -0.1) is 0 Å². The minimum atomic E-state index is -1.45. The molecule has 0 amide bonds. The van der Waals surface area contributed by atoms with Crippen molar-refractivity contribution < 1.29 is 19.1 Å². The first-order chi connectivity index (χ1) is 13.3. The molecule has 144 valence electrons. The summed E-state index contributed by atoms with van der Waals surface area (Å²) in [6.45, 7) is 5.69. The zero-order valence-corrected chi connectivity index (χ0v) is 16.5. The van der Waals surface area contributed by atoms with E-state index in [4.69, 9.17) is 16.3 Å². The molecule has 6 nitrogen and oxygen atoms in total. The number of hydrogen-bond acceptors (Lipinski definition) is 5. The first-order valence-electron chi connectivity index (χ1n) is 8.71. The minimum Gasteiger partial charge on any atom is -0.430 e. The molecular weight excluding hydrogens is 380 g/mol. The molecule has 1 aromatic carbocycles. The molecule has 2 heterocycles. The van der Waals surface area contributed by atoms with Crippen molar-refractivity contribution in [1.29, 1.82) is 0 Å². The molecule has 0 N–H and O–H groups in total. The second-order valence-corrected chi connectivity index (χ2v) is 6.99. The predicted octanol–water partition coefficient (Wildman–Crippen LogP) is 3.43. The van der Waals surface area contributed by atoms with Crippen LogP contribution in [0.1, 0.15) is 29.4 Å². The van der Waals surface area contributed by atoms with Gasteiger partial charge in [0, 0.05) is 22.4 Å². The molecule has 7 heteroatoms. The number of ether oxygens (including phenoxy) is 1. The summed E-state index contributed by atoms with van der Waals surface area (Å²) >= 11 is 6.22. The monoisotopic (exact) mass is 398 g/mol. The Labute approximate surface area is 167 Å². The minimum absolute atomic E-state index is 0.190. The number of cyclic esters (lactones) is 1. The predicted molar refractivity (Wildman–Crippen MR) is 105 cm³/mol. The van der Waals surface area contributed by atoms with E-state index in [1.54, 1.807) is 10.8 Å². The number of carbonyl (C=O) groups excluding carboxylic acids is 3. The number of carbonyl (C=O) groups is 3. The Morgan fingerprint density at radius 1 is 1.25 bits per heavy atom. The van der Waals surface area contributed by atoms with Crippen LogP contribution in [0.15, 0.2) is 42.2 Å². The third-order valence-electron chi connectivity index (χ3n) is 4.54. The van der Waals surface area contributed by atoms with Crippen molar-refractivity contribution in [2.45, 2.75) is 27.3 Å².